The first-order chi connectivity index (χ1) is 14.0. The molecule has 0 radical (unpaired) electrons. The van der Waals surface area contributed by atoms with Crippen LogP contribution in [0, 0.1) is 5.92 Å². The quantitative estimate of drug-likeness (QED) is 0.454. The molecule has 156 valence electrons. The number of hydrogen-bond acceptors (Lipinski definition) is 6. The van der Waals surface area contributed by atoms with Crippen LogP contribution >= 0.6 is 11.3 Å². The number of hydrazine groups is 1. The van der Waals surface area contributed by atoms with Gasteiger partial charge in [0.1, 0.15) is 9.96 Å². The highest BCUT2D eigenvalue weighted by atomic mass is 32.2. The van der Waals surface area contributed by atoms with Gasteiger partial charge in [0, 0.05) is 24.1 Å². The molecule has 0 unspecified atom stereocenters. The van der Waals surface area contributed by atoms with Gasteiger partial charge in [-0.3, -0.25) is 4.79 Å². The van der Waals surface area contributed by atoms with Crippen molar-refractivity contribution in [2.75, 3.05) is 13.2 Å². The van der Waals surface area contributed by atoms with Crippen LogP contribution in [0.15, 0.2) is 46.0 Å². The SMILES string of the molecule is O=C(c1ccc(OCCC[C@H]2CCCN2NS(=O)(=O)c2cccs2)cc1)C1CC1. The van der Waals surface area contributed by atoms with Crippen molar-refractivity contribution in [1.29, 1.82) is 0 Å². The molecule has 2 aliphatic rings. The molecule has 6 nitrogen and oxygen atoms in total. The van der Waals surface area contributed by atoms with Crippen molar-refractivity contribution in [2.24, 2.45) is 5.92 Å². The zero-order valence-corrected chi connectivity index (χ0v) is 17.9. The lowest BCUT2D eigenvalue weighted by Crippen LogP contribution is -2.44. The number of ketones is 1. The van der Waals surface area contributed by atoms with E-state index in [1.165, 1.54) is 11.3 Å². The molecule has 0 spiro atoms. The number of sulfonamides is 1. The molecule has 1 aromatic heterocycles. The summed E-state index contributed by atoms with van der Waals surface area (Å²) in [6, 6.07) is 10.9. The molecule has 29 heavy (non-hydrogen) atoms. The lowest BCUT2D eigenvalue weighted by atomic mass is 10.1. The predicted octanol–water partition coefficient (Wildman–Crippen LogP) is 3.86. The van der Waals surface area contributed by atoms with Gasteiger partial charge in [-0.1, -0.05) is 6.07 Å². The number of hydrogen-bond donors (Lipinski definition) is 1. The lowest BCUT2D eigenvalue weighted by molar-refractivity contribution is 0.0967. The molecule has 1 aliphatic heterocycles. The maximum absolute atomic E-state index is 12.4. The van der Waals surface area contributed by atoms with E-state index in [1.807, 2.05) is 29.3 Å². The Labute approximate surface area is 175 Å². The summed E-state index contributed by atoms with van der Waals surface area (Å²) in [5, 5.41) is 3.62. The van der Waals surface area contributed by atoms with Crippen molar-refractivity contribution >= 4 is 27.1 Å². The summed E-state index contributed by atoms with van der Waals surface area (Å²) in [6.07, 6.45) is 5.69. The second-order valence-electron chi connectivity index (χ2n) is 7.67. The van der Waals surface area contributed by atoms with Gasteiger partial charge in [0.05, 0.1) is 6.61 Å². The van der Waals surface area contributed by atoms with Crippen LogP contribution in [-0.2, 0) is 10.0 Å². The van der Waals surface area contributed by atoms with Crippen LogP contribution < -0.4 is 9.57 Å². The molecule has 8 heteroatoms. The number of nitrogens with zero attached hydrogens (tertiary/aromatic N) is 1. The Morgan fingerprint density at radius 1 is 1.17 bits per heavy atom. The van der Waals surface area contributed by atoms with Crippen molar-refractivity contribution in [1.82, 2.24) is 9.84 Å². The fraction of sp³-hybridized carbons (Fsp3) is 0.476. The van der Waals surface area contributed by atoms with Crippen molar-refractivity contribution in [3.8, 4) is 5.75 Å². The highest BCUT2D eigenvalue weighted by Crippen LogP contribution is 2.33. The maximum atomic E-state index is 12.4. The zero-order valence-electron chi connectivity index (χ0n) is 16.2. The van der Waals surface area contributed by atoms with Crippen molar-refractivity contribution in [3.63, 3.8) is 0 Å². The fourth-order valence-corrected chi connectivity index (χ4v) is 5.81. The summed E-state index contributed by atoms with van der Waals surface area (Å²) in [5.41, 5.74) is 0.763. The third-order valence-corrected chi connectivity index (χ3v) is 8.16. The van der Waals surface area contributed by atoms with Gasteiger partial charge < -0.3 is 4.74 Å². The van der Waals surface area contributed by atoms with Crippen molar-refractivity contribution < 1.29 is 17.9 Å². The van der Waals surface area contributed by atoms with Gasteiger partial charge in [-0.15, -0.1) is 16.2 Å². The minimum absolute atomic E-state index is 0.187. The van der Waals surface area contributed by atoms with Crippen LogP contribution in [0.2, 0.25) is 0 Å². The van der Waals surface area contributed by atoms with E-state index < -0.39 is 10.0 Å². The predicted molar refractivity (Wildman–Crippen MR) is 113 cm³/mol. The molecule has 1 saturated heterocycles. The molecule has 1 saturated carbocycles. The van der Waals surface area contributed by atoms with E-state index in [2.05, 4.69) is 4.83 Å². The Morgan fingerprint density at radius 3 is 2.66 bits per heavy atom. The fourth-order valence-electron chi connectivity index (χ4n) is 3.68. The van der Waals surface area contributed by atoms with E-state index in [-0.39, 0.29) is 17.7 Å². The summed E-state index contributed by atoms with van der Waals surface area (Å²) >= 11 is 1.22. The summed E-state index contributed by atoms with van der Waals surface area (Å²) in [6.45, 7) is 1.30. The summed E-state index contributed by atoms with van der Waals surface area (Å²) in [4.78, 5) is 14.8. The average molecular weight is 435 g/mol. The molecular weight excluding hydrogens is 408 g/mol. The molecule has 1 N–H and O–H groups in total. The number of carbonyl (C=O) groups is 1. The normalized spacial score (nSPS) is 20.1. The average Bonchev–Trinajstić information content (AvgIpc) is 3.22. The number of ether oxygens (including phenoxy) is 1. The Hall–Kier alpha value is -1.74. The number of carbonyl (C=O) groups excluding carboxylic acids is 1. The number of rotatable bonds is 10. The second-order valence-corrected chi connectivity index (χ2v) is 10.5. The Bertz CT molecular complexity index is 922. The molecule has 0 bridgehead atoms. The third-order valence-electron chi connectivity index (χ3n) is 5.41. The van der Waals surface area contributed by atoms with Crippen molar-refractivity contribution in [2.45, 2.75) is 48.8 Å². The molecule has 0 amide bonds. The molecule has 2 aromatic rings. The van der Waals surface area contributed by atoms with E-state index in [9.17, 15) is 13.2 Å². The van der Waals surface area contributed by atoms with Crippen LogP contribution in [0.4, 0.5) is 0 Å². The van der Waals surface area contributed by atoms with Gasteiger partial charge in [-0.05, 0) is 74.2 Å². The number of benzene rings is 1. The summed E-state index contributed by atoms with van der Waals surface area (Å²) in [7, 11) is -3.48. The Morgan fingerprint density at radius 2 is 1.97 bits per heavy atom. The molecule has 1 aromatic carbocycles. The first-order valence-corrected chi connectivity index (χ1v) is 12.5. The first-order valence-electron chi connectivity index (χ1n) is 10.1. The molecule has 1 aliphatic carbocycles. The van der Waals surface area contributed by atoms with Crippen LogP contribution in [0.5, 0.6) is 5.75 Å². The van der Waals surface area contributed by atoms with E-state index in [0.717, 1.165) is 56.4 Å². The van der Waals surface area contributed by atoms with E-state index in [1.54, 1.807) is 17.5 Å². The highest BCUT2D eigenvalue weighted by molar-refractivity contribution is 7.91. The smallest absolute Gasteiger partial charge is 0.262 e. The minimum atomic E-state index is -3.48. The van der Waals surface area contributed by atoms with Crippen LogP contribution in [0.3, 0.4) is 0 Å². The molecule has 1 atom stereocenters. The van der Waals surface area contributed by atoms with E-state index in [4.69, 9.17) is 4.74 Å². The molecule has 4 rings (SSSR count). The number of nitrogens with one attached hydrogen (secondary N) is 1. The van der Waals surface area contributed by atoms with Crippen LogP contribution in [0.1, 0.15) is 48.9 Å². The van der Waals surface area contributed by atoms with Crippen molar-refractivity contribution in [3.05, 3.63) is 47.3 Å². The van der Waals surface area contributed by atoms with Crippen LogP contribution in [0.25, 0.3) is 0 Å². The molecule has 2 heterocycles. The van der Waals surface area contributed by atoms with Gasteiger partial charge in [0.25, 0.3) is 10.0 Å². The van der Waals surface area contributed by atoms with E-state index >= 15 is 0 Å². The largest absolute Gasteiger partial charge is 0.494 e. The topological polar surface area (TPSA) is 75.7 Å². The second kappa shape index (κ2) is 8.95. The lowest BCUT2D eigenvalue weighted by Gasteiger charge is -2.24. The zero-order chi connectivity index (χ0) is 20.3. The number of Topliss-reactive ketones (excluding diaryl/α,β-unsaturated/α-hetero) is 1. The first kappa shape index (κ1) is 20.5. The summed E-state index contributed by atoms with van der Waals surface area (Å²) in [5.74, 6) is 1.23. The van der Waals surface area contributed by atoms with Gasteiger partial charge >= 0.3 is 0 Å². The van der Waals surface area contributed by atoms with Crippen LogP contribution in [-0.4, -0.2) is 38.4 Å². The minimum Gasteiger partial charge on any atom is -0.494 e. The summed E-state index contributed by atoms with van der Waals surface area (Å²) < 4.78 is 31.0. The monoisotopic (exact) mass is 434 g/mol. The molecular formula is C21H26N2O4S2. The Kier molecular flexibility index (Phi) is 6.34. The Balaban J connectivity index is 1.22. The standard InChI is InChI=1S/C21H26N2O4S2/c24-21(16-7-8-16)17-9-11-19(12-10-17)27-14-2-5-18-4-1-13-23(18)22-29(25,26)20-6-3-15-28-20/h3,6,9-12,15-16,18,22H,1-2,4-5,7-8,13-14H2/t18-/m1/s1. The van der Waals surface area contributed by atoms with Gasteiger partial charge in [-0.2, -0.15) is 0 Å². The maximum Gasteiger partial charge on any atom is 0.262 e. The van der Waals surface area contributed by atoms with E-state index in [0.29, 0.717) is 10.8 Å². The van der Waals surface area contributed by atoms with Gasteiger partial charge in [-0.25, -0.2) is 13.4 Å². The molecule has 2 fully saturated rings. The highest BCUT2D eigenvalue weighted by Gasteiger charge is 2.30. The third kappa shape index (κ3) is 5.25. The van der Waals surface area contributed by atoms with Gasteiger partial charge in [0.15, 0.2) is 5.78 Å². The number of thiophene rings is 1. The van der Waals surface area contributed by atoms with Gasteiger partial charge in [0.2, 0.25) is 0 Å².